The van der Waals surface area contributed by atoms with E-state index in [0.717, 1.165) is 80.8 Å². The Kier molecular flexibility index (Phi) is 9.05. The molecule has 0 amide bonds. The van der Waals surface area contributed by atoms with Gasteiger partial charge in [-0.05, 0) is 86.4 Å². The molecule has 2 N–H and O–H groups in total. The van der Waals surface area contributed by atoms with Crippen LogP contribution in [-0.2, 0) is 22.4 Å². The van der Waals surface area contributed by atoms with Gasteiger partial charge in [0.2, 0.25) is 0 Å². The summed E-state index contributed by atoms with van der Waals surface area (Å²) >= 11 is 0. The molecule has 0 saturated carbocycles. The Balaban J connectivity index is 1.08. The number of rotatable bonds is 11. The van der Waals surface area contributed by atoms with Crippen molar-refractivity contribution in [2.24, 2.45) is 0 Å². The zero-order valence-corrected chi connectivity index (χ0v) is 22.1. The number of carbonyl (C=O) groups is 1. The van der Waals surface area contributed by atoms with Gasteiger partial charge in [-0.15, -0.1) is 0 Å². The summed E-state index contributed by atoms with van der Waals surface area (Å²) in [6, 6.07) is 22.4. The second kappa shape index (κ2) is 13.0. The van der Waals surface area contributed by atoms with Gasteiger partial charge in [-0.3, -0.25) is 4.79 Å². The lowest BCUT2D eigenvalue weighted by Crippen LogP contribution is -2.40. The second-order valence-corrected chi connectivity index (χ2v) is 10.6. The van der Waals surface area contributed by atoms with Crippen LogP contribution < -0.4 is 5.32 Å². The smallest absolute Gasteiger partial charge is 0.311 e. The number of nitrogens with zero attached hydrogens (tertiary/aromatic N) is 2. The monoisotopic (exact) mass is 513 g/mol. The number of aryl methyl sites for hydroxylation is 2. The Labute approximate surface area is 226 Å². The highest BCUT2D eigenvalue weighted by Crippen LogP contribution is 2.27. The van der Waals surface area contributed by atoms with E-state index in [2.05, 4.69) is 22.3 Å². The van der Waals surface area contributed by atoms with Gasteiger partial charge in [0.1, 0.15) is 5.82 Å². The first kappa shape index (κ1) is 26.4. The number of nitrogens with one attached hydrogen (secondary N) is 1. The molecule has 2 aliphatic rings. The SMILES string of the molecule is O=C(O)[C@H](CCO[C@@H]1CCCN(CCCc2ccc3c(n2)NCCC3)C1)c1cccc(-c2ccccc2)c1. The van der Waals surface area contributed by atoms with Gasteiger partial charge in [-0.2, -0.15) is 0 Å². The third-order valence-electron chi connectivity index (χ3n) is 7.78. The van der Waals surface area contributed by atoms with E-state index in [1.165, 1.54) is 17.7 Å². The average Bonchev–Trinajstić information content (AvgIpc) is 2.96. The summed E-state index contributed by atoms with van der Waals surface area (Å²) in [5, 5.41) is 13.4. The molecule has 1 saturated heterocycles. The lowest BCUT2D eigenvalue weighted by atomic mass is 9.93. The number of fused-ring (bicyclic) bond motifs is 1. The molecule has 6 nitrogen and oxygen atoms in total. The predicted molar refractivity (Wildman–Crippen MR) is 152 cm³/mol. The zero-order chi connectivity index (χ0) is 26.2. The van der Waals surface area contributed by atoms with E-state index in [0.29, 0.717) is 13.0 Å². The van der Waals surface area contributed by atoms with Crippen LogP contribution >= 0.6 is 0 Å². The first-order valence-electron chi connectivity index (χ1n) is 14.1. The predicted octanol–water partition coefficient (Wildman–Crippen LogP) is 5.78. The molecule has 2 aliphatic heterocycles. The van der Waals surface area contributed by atoms with Crippen LogP contribution in [0.15, 0.2) is 66.7 Å². The Bertz CT molecular complexity index is 1200. The third-order valence-corrected chi connectivity index (χ3v) is 7.78. The van der Waals surface area contributed by atoms with Gasteiger partial charge in [0.15, 0.2) is 0 Å². The number of aromatic nitrogens is 1. The number of carboxylic acid groups (broad SMARTS) is 1. The number of benzene rings is 2. The minimum Gasteiger partial charge on any atom is -0.481 e. The normalized spacial score (nSPS) is 18.4. The fraction of sp³-hybridized carbons (Fsp3) is 0.438. The van der Waals surface area contributed by atoms with E-state index >= 15 is 0 Å². The Morgan fingerprint density at radius 1 is 1.08 bits per heavy atom. The summed E-state index contributed by atoms with van der Waals surface area (Å²) in [7, 11) is 0. The topological polar surface area (TPSA) is 74.7 Å². The van der Waals surface area contributed by atoms with Crippen LogP contribution in [0.2, 0.25) is 0 Å². The number of pyridine rings is 1. The summed E-state index contributed by atoms with van der Waals surface area (Å²) in [4.78, 5) is 19.4. The van der Waals surface area contributed by atoms with Crippen LogP contribution in [-0.4, -0.2) is 59.8 Å². The Hall–Kier alpha value is -3.22. The van der Waals surface area contributed by atoms with Gasteiger partial charge in [0.05, 0.1) is 12.0 Å². The number of likely N-dealkylation sites (tertiary alicyclic amines) is 1. The first-order chi connectivity index (χ1) is 18.7. The Morgan fingerprint density at radius 3 is 2.82 bits per heavy atom. The number of ether oxygens (including phenoxy) is 1. The molecule has 200 valence electrons. The number of hydrogen-bond acceptors (Lipinski definition) is 5. The van der Waals surface area contributed by atoms with Crippen LogP contribution in [0.3, 0.4) is 0 Å². The van der Waals surface area contributed by atoms with Crippen molar-refractivity contribution in [2.75, 3.05) is 38.1 Å². The molecule has 2 atom stereocenters. The van der Waals surface area contributed by atoms with Crippen molar-refractivity contribution in [3.05, 3.63) is 83.6 Å². The quantitative estimate of drug-likeness (QED) is 0.339. The minimum absolute atomic E-state index is 0.167. The van der Waals surface area contributed by atoms with Crippen LogP contribution in [0, 0.1) is 0 Å². The lowest BCUT2D eigenvalue weighted by molar-refractivity contribution is -0.139. The molecule has 6 heteroatoms. The van der Waals surface area contributed by atoms with Crippen molar-refractivity contribution in [3.8, 4) is 11.1 Å². The fourth-order valence-corrected chi connectivity index (χ4v) is 5.69. The third kappa shape index (κ3) is 7.00. The highest BCUT2D eigenvalue weighted by atomic mass is 16.5. The summed E-state index contributed by atoms with van der Waals surface area (Å²) in [5.74, 6) is -0.293. The molecule has 1 fully saturated rings. The Morgan fingerprint density at radius 2 is 1.95 bits per heavy atom. The maximum atomic E-state index is 12.1. The highest BCUT2D eigenvalue weighted by molar-refractivity contribution is 5.77. The molecule has 0 unspecified atom stereocenters. The molecule has 0 radical (unpaired) electrons. The fourth-order valence-electron chi connectivity index (χ4n) is 5.69. The van der Waals surface area contributed by atoms with Crippen LogP contribution in [0.1, 0.15) is 54.8 Å². The first-order valence-corrected chi connectivity index (χ1v) is 14.1. The van der Waals surface area contributed by atoms with Crippen molar-refractivity contribution in [1.29, 1.82) is 0 Å². The van der Waals surface area contributed by atoms with E-state index in [1.807, 2.05) is 54.6 Å². The maximum absolute atomic E-state index is 12.1. The van der Waals surface area contributed by atoms with Gasteiger partial charge < -0.3 is 20.1 Å². The number of anilines is 1. The largest absolute Gasteiger partial charge is 0.481 e. The number of carboxylic acids is 1. The van der Waals surface area contributed by atoms with E-state index in [4.69, 9.17) is 9.72 Å². The van der Waals surface area contributed by atoms with Crippen LogP contribution in [0.5, 0.6) is 0 Å². The number of aliphatic carboxylic acids is 1. The maximum Gasteiger partial charge on any atom is 0.311 e. The average molecular weight is 514 g/mol. The van der Waals surface area contributed by atoms with Crippen LogP contribution in [0.4, 0.5) is 5.82 Å². The van der Waals surface area contributed by atoms with Crippen molar-refractivity contribution >= 4 is 11.8 Å². The highest BCUT2D eigenvalue weighted by Gasteiger charge is 2.23. The molecule has 38 heavy (non-hydrogen) atoms. The van der Waals surface area contributed by atoms with E-state index in [1.54, 1.807) is 0 Å². The summed E-state index contributed by atoms with van der Waals surface area (Å²) in [6.45, 7) is 4.53. The molecule has 0 aliphatic carbocycles. The molecule has 2 aromatic carbocycles. The number of piperidine rings is 1. The van der Waals surface area contributed by atoms with Crippen molar-refractivity contribution in [2.45, 2.75) is 57.0 Å². The summed E-state index contributed by atoms with van der Waals surface area (Å²) in [5.41, 5.74) is 5.47. The molecule has 3 aromatic rings. The molecule has 5 rings (SSSR count). The molecular formula is C32H39N3O3. The van der Waals surface area contributed by atoms with Crippen molar-refractivity contribution < 1.29 is 14.6 Å². The molecule has 1 aromatic heterocycles. The van der Waals surface area contributed by atoms with Gasteiger partial charge in [0.25, 0.3) is 0 Å². The van der Waals surface area contributed by atoms with Crippen molar-refractivity contribution in [1.82, 2.24) is 9.88 Å². The second-order valence-electron chi connectivity index (χ2n) is 10.6. The lowest BCUT2D eigenvalue weighted by Gasteiger charge is -2.32. The van der Waals surface area contributed by atoms with Gasteiger partial charge >= 0.3 is 5.97 Å². The van der Waals surface area contributed by atoms with E-state index < -0.39 is 11.9 Å². The van der Waals surface area contributed by atoms with Gasteiger partial charge in [-0.25, -0.2) is 4.98 Å². The number of hydrogen-bond donors (Lipinski definition) is 2. The van der Waals surface area contributed by atoms with Gasteiger partial charge in [0, 0.05) is 25.4 Å². The zero-order valence-electron chi connectivity index (χ0n) is 22.1. The summed E-state index contributed by atoms with van der Waals surface area (Å²) in [6.07, 6.45) is 7.17. The minimum atomic E-state index is -0.796. The standard InChI is InChI=1S/C32H39N3O3/c36-32(37)30(27-11-4-10-26(22-27)24-8-2-1-3-9-24)17-21-38-29-14-7-20-35(23-29)19-6-13-28-16-15-25-12-5-18-33-31(25)34-28/h1-4,8-11,15-16,22,29-30H,5-7,12-14,17-21,23H2,(H,33,34)(H,36,37)/t29-,30-/m1/s1. The summed E-state index contributed by atoms with van der Waals surface area (Å²) < 4.78 is 6.23. The molecule has 0 bridgehead atoms. The van der Waals surface area contributed by atoms with Crippen LogP contribution in [0.25, 0.3) is 11.1 Å². The molecular weight excluding hydrogens is 474 g/mol. The van der Waals surface area contributed by atoms with Gasteiger partial charge in [-0.1, -0.05) is 60.7 Å². The van der Waals surface area contributed by atoms with E-state index in [9.17, 15) is 9.90 Å². The molecule has 0 spiro atoms. The van der Waals surface area contributed by atoms with Crippen molar-refractivity contribution in [3.63, 3.8) is 0 Å². The van der Waals surface area contributed by atoms with E-state index in [-0.39, 0.29) is 6.10 Å². The molecule has 3 heterocycles.